The number of hydrogen-bond donors (Lipinski definition) is 2. The lowest BCUT2D eigenvalue weighted by atomic mass is 9.93. The summed E-state index contributed by atoms with van der Waals surface area (Å²) < 4.78 is 11.2. The van der Waals surface area contributed by atoms with Gasteiger partial charge >= 0.3 is 0 Å². The third kappa shape index (κ3) is 7.02. The first-order chi connectivity index (χ1) is 23.4. The second-order valence-corrected chi connectivity index (χ2v) is 13.9. The van der Waals surface area contributed by atoms with E-state index in [1.54, 1.807) is 0 Å². The van der Waals surface area contributed by atoms with Crippen LogP contribution in [0.2, 0.25) is 0 Å². The molecule has 0 radical (unpaired) electrons. The Morgan fingerprint density at radius 3 is 2.48 bits per heavy atom. The minimum Gasteiger partial charge on any atom is -0.381 e. The van der Waals surface area contributed by atoms with E-state index in [2.05, 4.69) is 50.1 Å². The van der Waals surface area contributed by atoms with Crippen LogP contribution < -0.4 is 20.7 Å². The van der Waals surface area contributed by atoms with Crippen LogP contribution in [0.1, 0.15) is 70.9 Å². The van der Waals surface area contributed by atoms with E-state index in [1.807, 2.05) is 26.1 Å². The summed E-state index contributed by atoms with van der Waals surface area (Å²) in [5.41, 5.74) is 8.40. The molecule has 2 N–H and O–H groups in total. The number of carbonyl (C=O) groups is 1. The molecule has 1 aliphatic carbocycles. The Balaban J connectivity index is 1.18. The van der Waals surface area contributed by atoms with Crippen LogP contribution in [-0.2, 0) is 29.0 Å². The minimum atomic E-state index is -0.170. The summed E-state index contributed by atoms with van der Waals surface area (Å²) >= 11 is 0. The van der Waals surface area contributed by atoms with Crippen LogP contribution in [0, 0.1) is 19.8 Å². The van der Waals surface area contributed by atoms with E-state index in [0.717, 1.165) is 117 Å². The van der Waals surface area contributed by atoms with Gasteiger partial charge in [-0.05, 0) is 105 Å². The van der Waals surface area contributed by atoms with Crippen molar-refractivity contribution < 1.29 is 14.3 Å². The summed E-state index contributed by atoms with van der Waals surface area (Å²) in [6.45, 7) is 14.8. The number of aryl methyl sites for hydroxylation is 1. The smallest absolute Gasteiger partial charge is 0.253 e. The number of nitrogens with one attached hydrogen (secondary N) is 2. The number of H-pyrrole nitrogens is 1. The largest absolute Gasteiger partial charge is 0.381 e. The van der Waals surface area contributed by atoms with Crippen LogP contribution in [0.3, 0.4) is 0 Å². The Morgan fingerprint density at radius 1 is 1.00 bits per heavy atom. The second-order valence-electron chi connectivity index (χ2n) is 13.9. The monoisotopic (exact) mass is 654 g/mol. The summed E-state index contributed by atoms with van der Waals surface area (Å²) in [5.74, 6) is 1.59. The van der Waals surface area contributed by atoms with Crippen LogP contribution in [0.5, 0.6) is 0 Å². The lowest BCUT2D eigenvalue weighted by Gasteiger charge is -2.37. The second kappa shape index (κ2) is 14.4. The summed E-state index contributed by atoms with van der Waals surface area (Å²) in [7, 11) is 0. The van der Waals surface area contributed by atoms with Gasteiger partial charge in [-0.3, -0.25) is 14.5 Å². The van der Waals surface area contributed by atoms with Gasteiger partial charge in [-0.25, -0.2) is 4.98 Å². The quantitative estimate of drug-likeness (QED) is 0.327. The zero-order chi connectivity index (χ0) is 33.2. The number of fused-ring (bicyclic) bond motifs is 1. The average molecular weight is 655 g/mol. The number of benzene rings is 1. The molecular formula is C38H50N6O4. The van der Waals surface area contributed by atoms with Crippen LogP contribution in [0.25, 0.3) is 11.1 Å². The van der Waals surface area contributed by atoms with Crippen molar-refractivity contribution in [1.29, 1.82) is 0 Å². The van der Waals surface area contributed by atoms with Crippen molar-refractivity contribution in [3.05, 3.63) is 74.3 Å². The van der Waals surface area contributed by atoms with Crippen LogP contribution in [0.15, 0.2) is 35.3 Å². The first-order valence-electron chi connectivity index (χ1n) is 17.9. The fourth-order valence-electron chi connectivity index (χ4n) is 7.79. The fourth-order valence-corrected chi connectivity index (χ4v) is 7.79. The van der Waals surface area contributed by atoms with Crippen molar-refractivity contribution in [2.45, 2.75) is 72.0 Å². The van der Waals surface area contributed by atoms with E-state index >= 15 is 0 Å². The predicted molar refractivity (Wildman–Crippen MR) is 189 cm³/mol. The van der Waals surface area contributed by atoms with Crippen LogP contribution in [-0.4, -0.2) is 86.0 Å². The van der Waals surface area contributed by atoms with E-state index in [4.69, 9.17) is 14.5 Å². The zero-order valence-electron chi connectivity index (χ0n) is 28.8. The predicted octanol–water partition coefficient (Wildman–Crippen LogP) is 4.59. The highest BCUT2D eigenvalue weighted by Crippen LogP contribution is 2.35. The highest BCUT2D eigenvalue weighted by molar-refractivity contribution is 5.99. The third-order valence-corrected chi connectivity index (χ3v) is 10.8. The topological polar surface area (TPSA) is 103 Å². The molecule has 256 valence electrons. The molecule has 3 aliphatic heterocycles. The molecule has 0 unspecified atom stereocenters. The van der Waals surface area contributed by atoms with Gasteiger partial charge in [0, 0.05) is 99.3 Å². The number of rotatable bonds is 10. The molecule has 0 atom stereocenters. The Kier molecular flexibility index (Phi) is 9.84. The van der Waals surface area contributed by atoms with E-state index in [0.29, 0.717) is 30.4 Å². The number of morpholine rings is 1. The van der Waals surface area contributed by atoms with E-state index in [9.17, 15) is 9.59 Å². The van der Waals surface area contributed by atoms with E-state index in [-0.39, 0.29) is 18.0 Å². The Hall–Kier alpha value is -3.73. The van der Waals surface area contributed by atoms with Gasteiger partial charge in [0.25, 0.3) is 11.5 Å². The van der Waals surface area contributed by atoms with Crippen molar-refractivity contribution in [3.8, 4) is 11.1 Å². The summed E-state index contributed by atoms with van der Waals surface area (Å²) in [5, 5.41) is 3.17. The number of anilines is 2. The molecule has 1 aromatic carbocycles. The number of aromatic amines is 1. The van der Waals surface area contributed by atoms with Crippen molar-refractivity contribution in [1.82, 2.24) is 20.2 Å². The molecule has 2 saturated heterocycles. The van der Waals surface area contributed by atoms with Gasteiger partial charge in [-0.2, -0.15) is 0 Å². The minimum absolute atomic E-state index is 0.100. The van der Waals surface area contributed by atoms with Gasteiger partial charge in [0.15, 0.2) is 0 Å². The number of ether oxygens (including phenoxy) is 2. The SMILES string of the molecule is CCN(c1cc(-c2ccc(N3CCOCC3)nc2)cc(C(=O)NCc2c3c(c(C)[nH]c2=O)CN(CC2CC2)CC3)c1C)C1CCOCC1. The number of pyridine rings is 2. The molecular weight excluding hydrogens is 604 g/mol. The highest BCUT2D eigenvalue weighted by atomic mass is 16.5. The number of hydrogen-bond acceptors (Lipinski definition) is 8. The standard InChI is InChI=1S/C38H50N6O4/c1-4-44(30-10-15-47-16-11-30)35-20-29(28-7-8-36(39-21-28)43-13-17-48-18-14-43)19-32(25(35)2)37(45)40-22-33-31-9-12-42(23-27-5-6-27)24-34(31)26(3)41-38(33)46/h7-8,19-21,27,30H,4-6,9-18,22-24H2,1-3H3,(H,40,45)(H,41,46). The summed E-state index contributed by atoms with van der Waals surface area (Å²) in [4.78, 5) is 42.5. The molecule has 10 nitrogen and oxygen atoms in total. The molecule has 1 amide bonds. The van der Waals surface area contributed by atoms with Gasteiger partial charge in [0.05, 0.1) is 13.2 Å². The molecule has 3 aromatic rings. The number of amides is 1. The van der Waals surface area contributed by atoms with Crippen LogP contribution >= 0.6 is 0 Å². The van der Waals surface area contributed by atoms with E-state index < -0.39 is 0 Å². The maximum atomic E-state index is 14.1. The molecule has 10 heteroatoms. The fraction of sp³-hybridized carbons (Fsp3) is 0.553. The molecule has 4 aliphatic rings. The van der Waals surface area contributed by atoms with Crippen molar-refractivity contribution in [3.63, 3.8) is 0 Å². The summed E-state index contributed by atoms with van der Waals surface area (Å²) in [6.07, 6.45) is 7.31. The first-order valence-corrected chi connectivity index (χ1v) is 17.9. The zero-order valence-corrected chi connectivity index (χ0v) is 28.8. The maximum Gasteiger partial charge on any atom is 0.253 e. The lowest BCUT2D eigenvalue weighted by molar-refractivity contribution is 0.0846. The summed E-state index contributed by atoms with van der Waals surface area (Å²) in [6, 6.07) is 8.71. The van der Waals surface area contributed by atoms with Crippen LogP contribution in [0.4, 0.5) is 11.5 Å². The molecule has 7 rings (SSSR count). The Labute approximate surface area is 283 Å². The van der Waals surface area contributed by atoms with Crippen molar-refractivity contribution in [2.24, 2.45) is 5.92 Å². The molecule has 48 heavy (non-hydrogen) atoms. The van der Waals surface area contributed by atoms with E-state index in [1.165, 1.54) is 18.4 Å². The number of aromatic nitrogens is 2. The first kappa shape index (κ1) is 32.8. The van der Waals surface area contributed by atoms with Gasteiger partial charge in [-0.1, -0.05) is 0 Å². The van der Waals surface area contributed by atoms with Crippen molar-refractivity contribution >= 4 is 17.4 Å². The molecule has 0 bridgehead atoms. The number of carbonyl (C=O) groups excluding carboxylic acids is 1. The molecule has 5 heterocycles. The Bertz CT molecular complexity index is 1670. The lowest BCUT2D eigenvalue weighted by Crippen LogP contribution is -2.40. The molecule has 0 spiro atoms. The van der Waals surface area contributed by atoms with Gasteiger partial charge in [0.2, 0.25) is 0 Å². The highest BCUT2D eigenvalue weighted by Gasteiger charge is 2.29. The average Bonchev–Trinajstić information content (AvgIpc) is 3.94. The Morgan fingerprint density at radius 2 is 1.77 bits per heavy atom. The third-order valence-electron chi connectivity index (χ3n) is 10.8. The molecule has 2 aromatic heterocycles. The molecule has 3 fully saturated rings. The molecule has 1 saturated carbocycles. The maximum absolute atomic E-state index is 14.1. The van der Waals surface area contributed by atoms with Gasteiger partial charge in [-0.15, -0.1) is 0 Å². The van der Waals surface area contributed by atoms with Crippen molar-refractivity contribution in [2.75, 3.05) is 69.0 Å². The normalized spacial score (nSPS) is 18.9. The number of nitrogens with zero attached hydrogens (tertiary/aromatic N) is 4. The van der Waals surface area contributed by atoms with Gasteiger partial charge in [0.1, 0.15) is 5.82 Å². The van der Waals surface area contributed by atoms with Gasteiger partial charge < -0.3 is 29.6 Å².